The van der Waals surface area contributed by atoms with Gasteiger partial charge in [0.25, 0.3) is 0 Å². The van der Waals surface area contributed by atoms with E-state index >= 15 is 0 Å². The van der Waals surface area contributed by atoms with E-state index in [0.717, 1.165) is 48.2 Å². The average Bonchev–Trinajstić information content (AvgIpc) is 3.26. The van der Waals surface area contributed by atoms with Crippen LogP contribution in [0.25, 0.3) is 11.0 Å². The number of aryl methyl sites for hydroxylation is 1. The van der Waals surface area contributed by atoms with Crippen LogP contribution < -0.4 is 15.4 Å². The summed E-state index contributed by atoms with van der Waals surface area (Å²) >= 11 is 0. The lowest BCUT2D eigenvalue weighted by Gasteiger charge is -2.24. The number of benzene rings is 2. The second-order valence-corrected chi connectivity index (χ2v) is 8.07. The molecule has 32 heavy (non-hydrogen) atoms. The van der Waals surface area contributed by atoms with Gasteiger partial charge in [-0.2, -0.15) is 0 Å². The van der Waals surface area contributed by atoms with E-state index in [4.69, 9.17) is 14.9 Å². The number of allylic oxidation sites excluding steroid dienone is 1. The number of fused-ring (bicyclic) bond motifs is 1. The molecule has 0 unspecified atom stereocenters. The highest BCUT2D eigenvalue weighted by atomic mass is 16.5. The highest BCUT2D eigenvalue weighted by Gasteiger charge is 2.22. The first-order valence-electron chi connectivity index (χ1n) is 11.3. The van der Waals surface area contributed by atoms with Gasteiger partial charge in [0.2, 0.25) is 11.8 Å². The van der Waals surface area contributed by atoms with E-state index in [-0.39, 0.29) is 0 Å². The minimum atomic E-state index is 0.344. The molecule has 0 spiro atoms. The van der Waals surface area contributed by atoms with Gasteiger partial charge in [0, 0.05) is 31.6 Å². The summed E-state index contributed by atoms with van der Waals surface area (Å²) in [7, 11) is 3.34. The molecule has 0 aliphatic carbocycles. The third-order valence-corrected chi connectivity index (χ3v) is 5.87. The van der Waals surface area contributed by atoms with Gasteiger partial charge in [-0.1, -0.05) is 30.3 Å². The monoisotopic (exact) mass is 432 g/mol. The summed E-state index contributed by atoms with van der Waals surface area (Å²) in [6.07, 6.45) is 10.3. The van der Waals surface area contributed by atoms with Gasteiger partial charge >= 0.3 is 0 Å². The van der Waals surface area contributed by atoms with Gasteiger partial charge < -0.3 is 19.8 Å². The van der Waals surface area contributed by atoms with Crippen molar-refractivity contribution in [2.24, 2.45) is 10.7 Å². The molecule has 0 saturated heterocycles. The zero-order valence-electron chi connectivity index (χ0n) is 19.0. The van der Waals surface area contributed by atoms with Crippen LogP contribution in [0.2, 0.25) is 0 Å². The number of rotatable bonds is 8. The molecule has 6 heteroatoms. The summed E-state index contributed by atoms with van der Waals surface area (Å²) in [5.41, 5.74) is 9.19. The molecule has 2 heterocycles. The first-order valence-corrected chi connectivity index (χ1v) is 11.3. The fourth-order valence-corrected chi connectivity index (χ4v) is 4.14. The first-order chi connectivity index (χ1) is 15.7. The summed E-state index contributed by atoms with van der Waals surface area (Å²) in [5.74, 6) is 1.68. The van der Waals surface area contributed by atoms with E-state index < -0.39 is 0 Å². The van der Waals surface area contributed by atoms with Crippen molar-refractivity contribution in [1.82, 2.24) is 4.90 Å². The van der Waals surface area contributed by atoms with Crippen molar-refractivity contribution in [3.8, 4) is 5.75 Å². The standard InChI is InChI=1S/C26H32N4O2/c1-28-26(27)30(25-19-21-11-4-5-12-23(21)32-25)22-18-20(13-14-24(22)31-2)10-6-9-17-29-15-7-3-8-16-29/h4-5,7,11-15,18-19H,3,6,8-10,16-17H2,1-2H3,(H2,27,28). The Morgan fingerprint density at radius 1 is 1.19 bits per heavy atom. The van der Waals surface area contributed by atoms with Crippen LogP contribution in [0.3, 0.4) is 0 Å². The molecule has 2 aromatic carbocycles. The fraction of sp³-hybridized carbons (Fsp3) is 0.346. The largest absolute Gasteiger partial charge is 0.495 e. The minimum absolute atomic E-state index is 0.344. The predicted octanol–water partition coefficient (Wildman–Crippen LogP) is 5.46. The second-order valence-electron chi connectivity index (χ2n) is 8.07. The van der Waals surface area contributed by atoms with Crippen molar-refractivity contribution in [3.05, 3.63) is 66.4 Å². The summed E-state index contributed by atoms with van der Waals surface area (Å²) in [5, 5.41) is 1.01. The number of unbranched alkanes of at least 4 members (excludes halogenated alkanes) is 1. The number of hydrogen-bond acceptors (Lipinski definition) is 4. The highest BCUT2D eigenvalue weighted by molar-refractivity contribution is 6.03. The highest BCUT2D eigenvalue weighted by Crippen LogP contribution is 2.37. The molecule has 6 nitrogen and oxygen atoms in total. The van der Waals surface area contributed by atoms with Gasteiger partial charge in [0.1, 0.15) is 11.3 Å². The predicted molar refractivity (Wildman–Crippen MR) is 132 cm³/mol. The normalized spacial score (nSPS) is 14.2. The van der Waals surface area contributed by atoms with Crippen LogP contribution in [0.5, 0.6) is 5.75 Å². The Labute approximate surface area is 190 Å². The van der Waals surface area contributed by atoms with Gasteiger partial charge in [-0.15, -0.1) is 0 Å². The Morgan fingerprint density at radius 3 is 2.81 bits per heavy atom. The van der Waals surface area contributed by atoms with E-state index in [1.165, 1.54) is 24.9 Å². The van der Waals surface area contributed by atoms with Crippen molar-refractivity contribution in [2.45, 2.75) is 32.1 Å². The van der Waals surface area contributed by atoms with E-state index in [0.29, 0.717) is 11.8 Å². The van der Waals surface area contributed by atoms with E-state index in [1.54, 1.807) is 14.2 Å². The number of para-hydroxylation sites is 1. The molecular weight excluding hydrogens is 400 g/mol. The van der Waals surface area contributed by atoms with E-state index in [1.807, 2.05) is 41.3 Å². The number of hydrogen-bond donors (Lipinski definition) is 1. The molecule has 1 aliphatic rings. The number of nitrogens with zero attached hydrogens (tertiary/aromatic N) is 3. The summed E-state index contributed by atoms with van der Waals surface area (Å²) in [6, 6.07) is 16.1. The summed E-state index contributed by atoms with van der Waals surface area (Å²) in [6.45, 7) is 2.28. The average molecular weight is 433 g/mol. The fourth-order valence-electron chi connectivity index (χ4n) is 4.14. The number of nitrogens with two attached hydrogens (primary N) is 1. The molecule has 3 aromatic rings. The van der Waals surface area contributed by atoms with Crippen molar-refractivity contribution >= 4 is 28.5 Å². The third kappa shape index (κ3) is 4.90. The van der Waals surface area contributed by atoms with Crippen molar-refractivity contribution in [1.29, 1.82) is 0 Å². The van der Waals surface area contributed by atoms with Crippen LogP contribution in [0.15, 0.2) is 70.2 Å². The molecule has 0 atom stereocenters. The Kier molecular flexibility index (Phi) is 7.00. The molecule has 1 aromatic heterocycles. The number of aliphatic imine (C=N–C) groups is 1. The van der Waals surface area contributed by atoms with Gasteiger partial charge in [-0.05, 0) is 62.1 Å². The Hall–Kier alpha value is -3.41. The maximum Gasteiger partial charge on any atom is 0.208 e. The Bertz CT molecular complexity index is 1070. The summed E-state index contributed by atoms with van der Waals surface area (Å²) in [4.78, 5) is 8.48. The lowest BCUT2D eigenvalue weighted by atomic mass is 10.1. The van der Waals surface area contributed by atoms with Gasteiger partial charge in [-0.3, -0.25) is 4.99 Å². The van der Waals surface area contributed by atoms with Crippen LogP contribution in [0, 0.1) is 0 Å². The molecule has 0 bridgehead atoms. The number of ether oxygens (including phenoxy) is 1. The lowest BCUT2D eigenvalue weighted by molar-refractivity contribution is 0.346. The molecule has 1 aliphatic heterocycles. The zero-order chi connectivity index (χ0) is 22.3. The lowest BCUT2D eigenvalue weighted by Crippen LogP contribution is -2.33. The number of methoxy groups -OCH3 is 1. The van der Waals surface area contributed by atoms with Crippen molar-refractivity contribution in [2.75, 3.05) is 32.1 Å². The third-order valence-electron chi connectivity index (χ3n) is 5.87. The first kappa shape index (κ1) is 21.8. The zero-order valence-corrected chi connectivity index (χ0v) is 19.0. The Morgan fingerprint density at radius 2 is 2.06 bits per heavy atom. The Balaban J connectivity index is 1.56. The maximum atomic E-state index is 6.33. The number of furan rings is 1. The second kappa shape index (κ2) is 10.3. The smallest absolute Gasteiger partial charge is 0.208 e. The number of guanidine groups is 1. The minimum Gasteiger partial charge on any atom is -0.495 e. The summed E-state index contributed by atoms with van der Waals surface area (Å²) < 4.78 is 11.8. The van der Waals surface area contributed by atoms with Crippen molar-refractivity contribution < 1.29 is 9.15 Å². The van der Waals surface area contributed by atoms with Gasteiger partial charge in [0.05, 0.1) is 12.8 Å². The molecule has 2 N–H and O–H groups in total. The van der Waals surface area contributed by atoms with Crippen molar-refractivity contribution in [3.63, 3.8) is 0 Å². The molecule has 0 saturated carbocycles. The molecule has 0 fully saturated rings. The molecular formula is C26H32N4O2. The van der Waals surface area contributed by atoms with Crippen LogP contribution in [0.4, 0.5) is 11.6 Å². The molecule has 0 radical (unpaired) electrons. The van der Waals surface area contributed by atoms with Gasteiger partial charge in [-0.25, -0.2) is 4.90 Å². The van der Waals surface area contributed by atoms with Crippen LogP contribution >= 0.6 is 0 Å². The van der Waals surface area contributed by atoms with Crippen LogP contribution in [0.1, 0.15) is 31.2 Å². The van der Waals surface area contributed by atoms with Gasteiger partial charge in [0.15, 0.2) is 0 Å². The quantitative estimate of drug-likeness (QED) is 0.291. The SMILES string of the molecule is CN=C(N)N(c1cc2ccccc2o1)c1cc(CCCCN2C=CCCC2)ccc1OC. The van der Waals surface area contributed by atoms with Crippen LogP contribution in [-0.2, 0) is 6.42 Å². The van der Waals surface area contributed by atoms with E-state index in [2.05, 4.69) is 34.3 Å². The van der Waals surface area contributed by atoms with Crippen LogP contribution in [-0.4, -0.2) is 38.1 Å². The topological polar surface area (TPSA) is 67.2 Å². The molecule has 0 amide bonds. The molecule has 168 valence electrons. The maximum absolute atomic E-state index is 6.33. The number of anilines is 2. The van der Waals surface area contributed by atoms with E-state index in [9.17, 15) is 0 Å². The molecule has 4 rings (SSSR count).